The number of hydrogen-bond donors (Lipinski definition) is 0. The molecule has 0 heterocycles. The van der Waals surface area contributed by atoms with Gasteiger partial charge in [-0.1, -0.05) is 220 Å². The first-order chi connectivity index (χ1) is 17.9. The molecule has 276 valence electrons. The third-order valence-electron chi connectivity index (χ3n) is 2.11. The molecule has 0 radical (unpaired) electrons. The predicted molar refractivity (Wildman–Crippen MR) is 219 cm³/mol. The summed E-state index contributed by atoms with van der Waals surface area (Å²) in [4.78, 5) is 11.5. The van der Waals surface area contributed by atoms with Crippen molar-refractivity contribution in [3.63, 3.8) is 0 Å². The monoisotopic (exact) mass is 649 g/mol. The second-order valence-electron chi connectivity index (χ2n) is 23.6. The van der Waals surface area contributed by atoms with Crippen molar-refractivity contribution >= 4 is 22.9 Å². The molecule has 0 aromatic rings. The van der Waals surface area contributed by atoms with Crippen LogP contribution < -0.4 is 0 Å². The molecule has 0 aromatic heterocycles. The van der Waals surface area contributed by atoms with Gasteiger partial charge in [0.15, 0.2) is 0 Å². The Morgan fingerprint density at radius 1 is 0.295 bits per heavy atom. The number of Topliss-reactive ketones (excluding diaryl/α,β-unsaturated/α-hetero) is 1. The Hall–Kier alpha value is -0.240. The molecule has 0 bridgehead atoms. The molecule has 0 aliphatic carbocycles. The minimum Gasteiger partial charge on any atom is -0.299 e. The normalized spacial score (nSPS) is 11.8. The molecule has 2 heteroatoms. The lowest BCUT2D eigenvalue weighted by Gasteiger charge is -2.14. The number of carbonyl (C=O) groups excluding carboxylic acids is 1. The average Bonchev–Trinajstić information content (AvgIpc) is 2.42. The molecular weight excluding hydrogens is 553 g/mol. The van der Waals surface area contributed by atoms with Crippen LogP contribution in [0.5, 0.6) is 0 Å². The van der Waals surface area contributed by atoms with E-state index in [1.807, 2.05) is 27.7 Å². The van der Waals surface area contributed by atoms with Crippen molar-refractivity contribution in [1.29, 1.82) is 0 Å². The Bertz CT molecular complexity index is 485. The molecule has 0 aliphatic rings. The van der Waals surface area contributed by atoms with E-state index in [4.69, 9.17) is 12.2 Å². The van der Waals surface area contributed by atoms with Gasteiger partial charge in [0.25, 0.3) is 0 Å². The Labute approximate surface area is 291 Å². The summed E-state index contributed by atoms with van der Waals surface area (Å²) in [5.74, 6) is 0.243. The lowest BCUT2D eigenvalue weighted by atomic mass is 9.92. The van der Waals surface area contributed by atoms with Crippen LogP contribution in [0.1, 0.15) is 222 Å². The van der Waals surface area contributed by atoms with Gasteiger partial charge in [-0.2, -0.15) is 0 Å². The minimum atomic E-state index is -0.139. The smallest absolute Gasteiger partial charge is 0.135 e. The zero-order chi connectivity index (χ0) is 39.2. The highest BCUT2D eigenvalue weighted by Gasteiger charge is 2.14. The van der Waals surface area contributed by atoms with Crippen LogP contribution in [0.25, 0.3) is 0 Å². The van der Waals surface area contributed by atoms with E-state index in [9.17, 15) is 4.79 Å². The van der Waals surface area contributed by atoms with Gasteiger partial charge in [-0.3, -0.25) is 4.79 Å². The zero-order valence-electron chi connectivity index (χ0n) is 37.8. The fourth-order valence-corrected chi connectivity index (χ4v) is 0. The summed E-state index contributed by atoms with van der Waals surface area (Å²) in [6.07, 6.45) is 0. The van der Waals surface area contributed by atoms with Crippen molar-refractivity contribution in [3.05, 3.63) is 0 Å². The molecular formula is C42H96OS. The highest BCUT2D eigenvalue weighted by Crippen LogP contribution is 2.15. The van der Waals surface area contributed by atoms with E-state index in [0.29, 0.717) is 32.5 Å². The Morgan fingerprint density at radius 3 is 0.341 bits per heavy atom. The van der Waals surface area contributed by atoms with Gasteiger partial charge in [0.05, 0.1) is 0 Å². The average molecular weight is 649 g/mol. The van der Waals surface area contributed by atoms with Crippen molar-refractivity contribution in [3.8, 4) is 0 Å². The molecule has 0 rings (SSSR count). The summed E-state index contributed by atoms with van der Waals surface area (Å²) < 4.78 is 0. The van der Waals surface area contributed by atoms with Gasteiger partial charge in [-0.15, -0.1) is 0 Å². The van der Waals surface area contributed by atoms with E-state index in [1.54, 1.807) is 6.92 Å². The van der Waals surface area contributed by atoms with Gasteiger partial charge in [0, 0.05) is 5.41 Å². The minimum absolute atomic E-state index is 0.139. The summed E-state index contributed by atoms with van der Waals surface area (Å²) in [6.45, 7) is 68.2. The molecule has 0 spiro atoms. The van der Waals surface area contributed by atoms with Crippen molar-refractivity contribution in [1.82, 2.24) is 0 Å². The first-order valence-electron chi connectivity index (χ1n) is 16.9. The third-order valence-corrected chi connectivity index (χ3v) is 2.72. The highest BCUT2D eigenvalue weighted by atomic mass is 32.1. The van der Waals surface area contributed by atoms with Crippen LogP contribution in [0.3, 0.4) is 0 Å². The van der Waals surface area contributed by atoms with Crippen molar-refractivity contribution in [2.75, 3.05) is 0 Å². The van der Waals surface area contributed by atoms with E-state index >= 15 is 0 Å². The molecule has 0 amide bonds. The standard InChI is InChI=1S/C6H12O.C6H12S.6C5H12/c2*1-5(7)6(2,3)4;6*1-5(2,3)4/h2*1-4H3;6*1-4H3. The second kappa shape index (κ2) is 25.8. The van der Waals surface area contributed by atoms with E-state index in [1.165, 1.54) is 0 Å². The maximum atomic E-state index is 10.5. The molecule has 0 saturated heterocycles. The number of thiocarbonyl (C=S) groups is 1. The highest BCUT2D eigenvalue weighted by molar-refractivity contribution is 7.80. The molecule has 0 aromatic carbocycles. The Balaban J connectivity index is -0.0000000564. The molecule has 0 fully saturated rings. The number of hydrogen-bond acceptors (Lipinski definition) is 2. The van der Waals surface area contributed by atoms with Crippen LogP contribution in [-0.4, -0.2) is 10.6 Å². The summed E-state index contributed by atoms with van der Waals surface area (Å²) in [5.41, 5.74) is 3.09. The molecule has 0 aliphatic heterocycles. The predicted octanol–water partition coefficient (Wildman–Crippen LogP) is 16.4. The third kappa shape index (κ3) is 502. The quantitative estimate of drug-likeness (QED) is 0.243. The fraction of sp³-hybridized carbons (Fsp3) is 0.952. The topological polar surface area (TPSA) is 17.1 Å². The van der Waals surface area contributed by atoms with E-state index in [0.717, 1.165) is 4.86 Å². The van der Waals surface area contributed by atoms with Crippen LogP contribution in [0.15, 0.2) is 0 Å². The van der Waals surface area contributed by atoms with Crippen LogP contribution in [0, 0.1) is 43.3 Å². The second-order valence-corrected chi connectivity index (χ2v) is 24.2. The number of carbonyl (C=O) groups is 1. The summed E-state index contributed by atoms with van der Waals surface area (Å²) in [5, 5.41) is 0. The summed E-state index contributed by atoms with van der Waals surface area (Å²) in [7, 11) is 0. The van der Waals surface area contributed by atoms with Gasteiger partial charge >= 0.3 is 0 Å². The van der Waals surface area contributed by atoms with Gasteiger partial charge in [0.2, 0.25) is 0 Å². The lowest BCUT2D eigenvalue weighted by Crippen LogP contribution is -2.15. The fourth-order valence-electron chi connectivity index (χ4n) is 0. The molecule has 0 N–H and O–H groups in total. The van der Waals surface area contributed by atoms with E-state index in [-0.39, 0.29) is 16.6 Å². The van der Waals surface area contributed by atoms with Crippen LogP contribution >= 0.6 is 12.2 Å². The SMILES string of the molecule is CC(=O)C(C)(C)C.CC(=S)C(C)(C)C.CC(C)(C)C.CC(C)(C)C.CC(C)(C)C.CC(C)(C)C.CC(C)(C)C.CC(C)(C)C. The maximum Gasteiger partial charge on any atom is 0.135 e. The number of ketones is 1. The lowest BCUT2D eigenvalue weighted by molar-refractivity contribution is -0.124. The van der Waals surface area contributed by atoms with Gasteiger partial charge < -0.3 is 0 Å². The van der Waals surface area contributed by atoms with Crippen LogP contribution in [0.2, 0.25) is 0 Å². The van der Waals surface area contributed by atoms with Crippen molar-refractivity contribution < 1.29 is 4.79 Å². The molecule has 1 nitrogen and oxygen atoms in total. The van der Waals surface area contributed by atoms with Gasteiger partial charge in [-0.25, -0.2) is 0 Å². The van der Waals surface area contributed by atoms with E-state index in [2.05, 4.69) is 187 Å². The zero-order valence-corrected chi connectivity index (χ0v) is 38.6. The van der Waals surface area contributed by atoms with Gasteiger partial charge in [-0.05, 0) is 56.6 Å². The summed E-state index contributed by atoms with van der Waals surface area (Å²) in [6, 6.07) is 0. The molecule has 0 atom stereocenters. The first kappa shape index (κ1) is 62.6. The van der Waals surface area contributed by atoms with Gasteiger partial charge in [0.1, 0.15) is 5.78 Å². The molecule has 0 unspecified atom stereocenters. The Morgan fingerprint density at radius 2 is 0.341 bits per heavy atom. The van der Waals surface area contributed by atoms with Crippen molar-refractivity contribution in [2.24, 2.45) is 43.3 Å². The number of rotatable bonds is 0. The summed E-state index contributed by atoms with van der Waals surface area (Å²) >= 11 is 4.93. The van der Waals surface area contributed by atoms with Crippen molar-refractivity contribution in [2.45, 2.75) is 222 Å². The largest absolute Gasteiger partial charge is 0.299 e. The maximum absolute atomic E-state index is 10.5. The molecule has 0 saturated carbocycles. The first-order valence-corrected chi connectivity index (χ1v) is 17.3. The van der Waals surface area contributed by atoms with Crippen LogP contribution in [0.4, 0.5) is 0 Å². The molecule has 44 heavy (non-hydrogen) atoms. The van der Waals surface area contributed by atoms with E-state index < -0.39 is 0 Å². The Kier molecular flexibility index (Phi) is 36.7. The van der Waals surface area contributed by atoms with Crippen LogP contribution in [-0.2, 0) is 4.79 Å².